The Kier molecular flexibility index (Phi) is 5.67. The van der Waals surface area contributed by atoms with Crippen LogP contribution in [0.5, 0.6) is 11.5 Å². The lowest BCUT2D eigenvalue weighted by Crippen LogP contribution is -2.10. The zero-order valence-electron chi connectivity index (χ0n) is 13.6. The molecular formula is C17H15NO7. The highest BCUT2D eigenvalue weighted by atomic mass is 16.6. The van der Waals surface area contributed by atoms with E-state index in [-0.39, 0.29) is 23.7 Å². The smallest absolute Gasteiger partial charge is 0.345 e. The van der Waals surface area contributed by atoms with E-state index in [4.69, 9.17) is 9.47 Å². The Hall–Kier alpha value is -3.42. The molecule has 0 aromatic heterocycles. The van der Waals surface area contributed by atoms with Crippen molar-refractivity contribution in [1.29, 1.82) is 0 Å². The number of rotatable bonds is 6. The lowest BCUT2D eigenvalue weighted by molar-refractivity contribution is -0.385. The van der Waals surface area contributed by atoms with E-state index < -0.39 is 22.5 Å². The van der Waals surface area contributed by atoms with Crippen LogP contribution in [-0.2, 0) is 16.1 Å². The predicted molar refractivity (Wildman–Crippen MR) is 86.5 cm³/mol. The van der Waals surface area contributed by atoms with E-state index in [1.807, 2.05) is 30.3 Å². The van der Waals surface area contributed by atoms with Crippen molar-refractivity contribution in [2.45, 2.75) is 13.5 Å². The third-order valence-corrected chi connectivity index (χ3v) is 3.15. The molecule has 0 aliphatic heterocycles. The standard InChI is InChI=1S/C17H15NO7/c1-11(19)25-16-8-13(17(20)23-2)14(18(21)22)9-15(16)24-10-12-6-4-3-5-7-12/h3-9H,10H2,1-2H3. The van der Waals surface area contributed by atoms with Crippen LogP contribution in [0.3, 0.4) is 0 Å². The molecule has 8 nitrogen and oxygen atoms in total. The van der Waals surface area contributed by atoms with Crippen LogP contribution in [0.2, 0.25) is 0 Å². The Bertz CT molecular complexity index is 802. The highest BCUT2D eigenvalue weighted by Gasteiger charge is 2.26. The third-order valence-electron chi connectivity index (χ3n) is 3.15. The number of nitro benzene ring substituents is 1. The first kappa shape index (κ1) is 17.9. The van der Waals surface area contributed by atoms with Gasteiger partial charge in [0.1, 0.15) is 12.2 Å². The first-order chi connectivity index (χ1) is 11.9. The molecule has 0 heterocycles. The van der Waals surface area contributed by atoms with Crippen molar-refractivity contribution >= 4 is 17.6 Å². The molecule has 130 valence electrons. The molecule has 2 aromatic carbocycles. The summed E-state index contributed by atoms with van der Waals surface area (Å²) in [4.78, 5) is 33.5. The van der Waals surface area contributed by atoms with Crippen molar-refractivity contribution in [3.05, 3.63) is 63.7 Å². The summed E-state index contributed by atoms with van der Waals surface area (Å²) in [6.07, 6.45) is 0. The predicted octanol–water partition coefficient (Wildman–Crippen LogP) is 2.89. The maximum absolute atomic E-state index is 11.8. The van der Waals surface area contributed by atoms with Crippen LogP contribution in [-0.4, -0.2) is 24.0 Å². The van der Waals surface area contributed by atoms with Gasteiger partial charge in [-0.2, -0.15) is 0 Å². The molecule has 0 aliphatic carbocycles. The largest absolute Gasteiger partial charge is 0.485 e. The number of nitro groups is 1. The van der Waals surface area contributed by atoms with E-state index in [1.165, 1.54) is 6.92 Å². The molecule has 0 spiro atoms. The van der Waals surface area contributed by atoms with Gasteiger partial charge in [-0.3, -0.25) is 14.9 Å². The minimum absolute atomic E-state index is 0.0293. The maximum atomic E-state index is 11.8. The highest BCUT2D eigenvalue weighted by Crippen LogP contribution is 2.36. The van der Waals surface area contributed by atoms with E-state index in [0.29, 0.717) is 0 Å². The van der Waals surface area contributed by atoms with Gasteiger partial charge >= 0.3 is 11.9 Å². The number of carbonyl (C=O) groups is 2. The molecule has 0 radical (unpaired) electrons. The molecule has 8 heteroatoms. The van der Waals surface area contributed by atoms with E-state index in [2.05, 4.69) is 4.74 Å². The minimum atomic E-state index is -0.922. The molecule has 2 rings (SSSR count). The fourth-order valence-electron chi connectivity index (χ4n) is 2.06. The number of ether oxygens (including phenoxy) is 3. The quantitative estimate of drug-likeness (QED) is 0.343. The molecule has 25 heavy (non-hydrogen) atoms. The average Bonchev–Trinajstić information content (AvgIpc) is 2.59. The summed E-state index contributed by atoms with van der Waals surface area (Å²) in [5, 5.41) is 11.2. The third kappa shape index (κ3) is 4.54. The fourth-order valence-corrected chi connectivity index (χ4v) is 2.06. The molecule has 0 fully saturated rings. The number of hydrogen-bond donors (Lipinski definition) is 0. The zero-order valence-corrected chi connectivity index (χ0v) is 13.6. The molecule has 0 bridgehead atoms. The molecular weight excluding hydrogens is 330 g/mol. The Morgan fingerprint density at radius 1 is 1.12 bits per heavy atom. The van der Waals surface area contributed by atoms with Crippen LogP contribution in [0.4, 0.5) is 5.69 Å². The molecule has 0 amide bonds. The van der Waals surface area contributed by atoms with Crippen molar-refractivity contribution in [2.75, 3.05) is 7.11 Å². The van der Waals surface area contributed by atoms with Gasteiger partial charge in [0, 0.05) is 13.0 Å². The van der Waals surface area contributed by atoms with Gasteiger partial charge in [-0.05, 0) is 5.56 Å². The van der Waals surface area contributed by atoms with Crippen LogP contribution < -0.4 is 9.47 Å². The first-order valence-electron chi connectivity index (χ1n) is 7.18. The summed E-state index contributed by atoms with van der Waals surface area (Å²) in [5.74, 6) is -1.71. The maximum Gasteiger partial charge on any atom is 0.345 e. The van der Waals surface area contributed by atoms with Crippen molar-refractivity contribution in [3.8, 4) is 11.5 Å². The molecule has 0 atom stereocenters. The van der Waals surface area contributed by atoms with Crippen molar-refractivity contribution in [2.24, 2.45) is 0 Å². The second-order valence-electron chi connectivity index (χ2n) is 4.93. The second-order valence-corrected chi connectivity index (χ2v) is 4.93. The Morgan fingerprint density at radius 2 is 1.80 bits per heavy atom. The van der Waals surface area contributed by atoms with Gasteiger partial charge in [0.25, 0.3) is 5.69 Å². The van der Waals surface area contributed by atoms with E-state index in [0.717, 1.165) is 24.8 Å². The molecule has 0 aliphatic rings. The normalized spacial score (nSPS) is 10.0. The lowest BCUT2D eigenvalue weighted by atomic mass is 10.1. The summed E-state index contributed by atoms with van der Waals surface area (Å²) >= 11 is 0. The van der Waals surface area contributed by atoms with Gasteiger partial charge in [0.05, 0.1) is 18.1 Å². The number of methoxy groups -OCH3 is 1. The van der Waals surface area contributed by atoms with Gasteiger partial charge in [0.2, 0.25) is 0 Å². The number of hydrogen-bond acceptors (Lipinski definition) is 7. The highest BCUT2D eigenvalue weighted by molar-refractivity contribution is 5.95. The van der Waals surface area contributed by atoms with Crippen molar-refractivity contribution in [1.82, 2.24) is 0 Å². The van der Waals surface area contributed by atoms with Gasteiger partial charge in [-0.25, -0.2) is 4.79 Å². The summed E-state index contributed by atoms with van der Waals surface area (Å²) in [7, 11) is 1.09. The summed E-state index contributed by atoms with van der Waals surface area (Å²) in [5.41, 5.74) is -0.0300. The van der Waals surface area contributed by atoms with Crippen LogP contribution >= 0.6 is 0 Å². The Morgan fingerprint density at radius 3 is 2.36 bits per heavy atom. The van der Waals surface area contributed by atoms with E-state index in [1.54, 1.807) is 0 Å². The van der Waals surface area contributed by atoms with E-state index >= 15 is 0 Å². The van der Waals surface area contributed by atoms with Crippen LogP contribution in [0.25, 0.3) is 0 Å². The lowest BCUT2D eigenvalue weighted by Gasteiger charge is -2.12. The summed E-state index contributed by atoms with van der Waals surface area (Å²) < 4.78 is 15.1. The van der Waals surface area contributed by atoms with E-state index in [9.17, 15) is 19.7 Å². The minimum Gasteiger partial charge on any atom is -0.485 e. The van der Waals surface area contributed by atoms with Crippen LogP contribution in [0.1, 0.15) is 22.8 Å². The van der Waals surface area contributed by atoms with Gasteiger partial charge in [-0.15, -0.1) is 0 Å². The van der Waals surface area contributed by atoms with Crippen LogP contribution in [0, 0.1) is 10.1 Å². The van der Waals surface area contributed by atoms with Gasteiger partial charge in [-0.1, -0.05) is 30.3 Å². The topological polar surface area (TPSA) is 105 Å². The molecule has 0 unspecified atom stereocenters. The molecule has 0 saturated carbocycles. The Balaban J connectivity index is 2.44. The average molecular weight is 345 g/mol. The summed E-state index contributed by atoms with van der Waals surface area (Å²) in [6, 6.07) is 11.2. The SMILES string of the molecule is COC(=O)c1cc(OC(C)=O)c(OCc2ccccc2)cc1[N+](=O)[O-]. The van der Waals surface area contributed by atoms with Gasteiger partial charge in [0.15, 0.2) is 11.5 Å². The molecule has 2 aromatic rings. The zero-order chi connectivity index (χ0) is 18.4. The monoisotopic (exact) mass is 345 g/mol. The van der Waals surface area contributed by atoms with Gasteiger partial charge < -0.3 is 14.2 Å². The van der Waals surface area contributed by atoms with Crippen LogP contribution in [0.15, 0.2) is 42.5 Å². The second kappa shape index (κ2) is 7.91. The number of esters is 2. The number of nitrogens with zero attached hydrogens (tertiary/aromatic N) is 1. The molecule has 0 saturated heterocycles. The van der Waals surface area contributed by atoms with Crippen molar-refractivity contribution in [3.63, 3.8) is 0 Å². The summed E-state index contributed by atoms with van der Waals surface area (Å²) in [6.45, 7) is 1.27. The Labute approximate surface area is 143 Å². The number of carbonyl (C=O) groups excluding carboxylic acids is 2. The first-order valence-corrected chi connectivity index (χ1v) is 7.18. The number of benzene rings is 2. The molecule has 0 N–H and O–H groups in total. The van der Waals surface area contributed by atoms with Crippen molar-refractivity contribution < 1.29 is 28.7 Å². The fraction of sp³-hybridized carbons (Fsp3) is 0.176.